The summed E-state index contributed by atoms with van der Waals surface area (Å²) in [6.45, 7) is 18.3. The fraction of sp³-hybridized carbons (Fsp3) is 0.737. The molecule has 0 unspecified atom stereocenters. The van der Waals surface area contributed by atoms with Gasteiger partial charge in [-0.3, -0.25) is 4.90 Å². The Morgan fingerprint density at radius 2 is 1.62 bits per heavy atom. The molecule has 0 aliphatic carbocycles. The summed E-state index contributed by atoms with van der Waals surface area (Å²) in [6, 6.07) is 4.07. The lowest BCUT2D eigenvalue weighted by Crippen LogP contribution is -2.47. The molecule has 24 heavy (non-hydrogen) atoms. The molecule has 5 nitrogen and oxygen atoms in total. The smallest absolute Gasteiger partial charge is 0.138 e. The number of rotatable bonds is 5. The molecule has 0 amide bonds. The number of ether oxygens (including phenoxy) is 2. The fourth-order valence-electron chi connectivity index (χ4n) is 2.65. The first-order chi connectivity index (χ1) is 11.1. The molecule has 0 saturated carbocycles. The van der Waals surface area contributed by atoms with Crippen molar-refractivity contribution < 1.29 is 9.47 Å². The molecule has 0 N–H and O–H groups in total. The highest BCUT2D eigenvalue weighted by atomic mass is 16.5. The molecule has 1 aliphatic heterocycles. The van der Waals surface area contributed by atoms with Gasteiger partial charge in [-0.1, -0.05) is 0 Å². The van der Waals surface area contributed by atoms with Crippen molar-refractivity contribution in [2.75, 3.05) is 44.2 Å². The summed E-state index contributed by atoms with van der Waals surface area (Å²) < 4.78 is 11.6. The largest absolute Gasteiger partial charge is 0.487 e. The van der Waals surface area contributed by atoms with Crippen molar-refractivity contribution >= 4 is 5.82 Å². The number of pyridine rings is 1. The SMILES string of the molecule is CC(C)(C)OCCN1CCN(c2ccc(OC(C)(C)C)cn2)CC1. The Hall–Kier alpha value is -1.33. The number of hydrogen-bond donors (Lipinski definition) is 0. The summed E-state index contributed by atoms with van der Waals surface area (Å²) in [5.74, 6) is 1.85. The van der Waals surface area contributed by atoms with E-state index in [4.69, 9.17) is 9.47 Å². The second kappa shape index (κ2) is 7.70. The molecule has 5 heteroatoms. The van der Waals surface area contributed by atoms with E-state index in [0.29, 0.717) is 0 Å². The minimum absolute atomic E-state index is 0.0530. The normalized spacial score (nSPS) is 17.2. The summed E-state index contributed by atoms with van der Waals surface area (Å²) in [5, 5.41) is 0. The van der Waals surface area contributed by atoms with Crippen LogP contribution in [-0.2, 0) is 4.74 Å². The van der Waals surface area contributed by atoms with Crippen LogP contribution in [0.25, 0.3) is 0 Å². The molecule has 1 fully saturated rings. The van der Waals surface area contributed by atoms with Gasteiger partial charge in [0.25, 0.3) is 0 Å². The first-order valence-electron chi connectivity index (χ1n) is 8.89. The Bertz CT molecular complexity index is 495. The Morgan fingerprint density at radius 3 is 2.12 bits per heavy atom. The van der Waals surface area contributed by atoms with Crippen LogP contribution in [0.4, 0.5) is 5.82 Å². The first kappa shape index (κ1) is 19.0. The van der Waals surface area contributed by atoms with Gasteiger partial charge in [0.1, 0.15) is 17.2 Å². The highest BCUT2D eigenvalue weighted by molar-refractivity contribution is 5.41. The van der Waals surface area contributed by atoms with Crippen LogP contribution in [0.5, 0.6) is 5.75 Å². The Balaban J connectivity index is 1.78. The lowest BCUT2D eigenvalue weighted by molar-refractivity contribution is -0.0135. The van der Waals surface area contributed by atoms with Crippen molar-refractivity contribution in [3.63, 3.8) is 0 Å². The molecule has 136 valence electrons. The van der Waals surface area contributed by atoms with Gasteiger partial charge < -0.3 is 14.4 Å². The van der Waals surface area contributed by atoms with Gasteiger partial charge in [0, 0.05) is 32.7 Å². The third-order valence-corrected chi connectivity index (χ3v) is 3.78. The summed E-state index contributed by atoms with van der Waals surface area (Å²) >= 11 is 0. The number of aromatic nitrogens is 1. The Morgan fingerprint density at radius 1 is 0.958 bits per heavy atom. The van der Waals surface area contributed by atoms with E-state index < -0.39 is 0 Å². The molecule has 1 aromatic rings. The summed E-state index contributed by atoms with van der Waals surface area (Å²) in [4.78, 5) is 9.36. The van der Waals surface area contributed by atoms with Gasteiger partial charge in [0.15, 0.2) is 0 Å². The molecular weight excluding hydrogens is 302 g/mol. The van der Waals surface area contributed by atoms with E-state index in [2.05, 4.69) is 41.6 Å². The van der Waals surface area contributed by atoms with Gasteiger partial charge in [-0.2, -0.15) is 0 Å². The van der Waals surface area contributed by atoms with Crippen LogP contribution >= 0.6 is 0 Å². The van der Waals surface area contributed by atoms with Crippen LogP contribution in [0.15, 0.2) is 18.3 Å². The van der Waals surface area contributed by atoms with E-state index in [-0.39, 0.29) is 11.2 Å². The van der Waals surface area contributed by atoms with Gasteiger partial charge in [-0.05, 0) is 53.7 Å². The fourth-order valence-corrected chi connectivity index (χ4v) is 2.65. The Kier molecular flexibility index (Phi) is 6.10. The van der Waals surface area contributed by atoms with Crippen molar-refractivity contribution in [3.8, 4) is 5.75 Å². The third-order valence-electron chi connectivity index (χ3n) is 3.78. The van der Waals surface area contributed by atoms with Crippen LogP contribution in [0.3, 0.4) is 0 Å². The highest BCUT2D eigenvalue weighted by Gasteiger charge is 2.19. The Labute approximate surface area is 147 Å². The summed E-state index contributed by atoms with van der Waals surface area (Å²) in [6.07, 6.45) is 1.82. The minimum atomic E-state index is -0.191. The second-order valence-electron chi connectivity index (χ2n) is 8.36. The van der Waals surface area contributed by atoms with E-state index in [1.807, 2.05) is 33.0 Å². The lowest BCUT2D eigenvalue weighted by atomic mass is 10.2. The van der Waals surface area contributed by atoms with E-state index in [9.17, 15) is 0 Å². The van der Waals surface area contributed by atoms with Crippen molar-refractivity contribution in [2.45, 2.75) is 52.7 Å². The third kappa shape index (κ3) is 6.65. The molecule has 2 rings (SSSR count). The van der Waals surface area contributed by atoms with Gasteiger partial charge in [-0.15, -0.1) is 0 Å². The topological polar surface area (TPSA) is 37.8 Å². The number of anilines is 1. The second-order valence-corrected chi connectivity index (χ2v) is 8.36. The van der Waals surface area contributed by atoms with Crippen molar-refractivity contribution in [3.05, 3.63) is 18.3 Å². The maximum Gasteiger partial charge on any atom is 0.138 e. The molecule has 1 aromatic heterocycles. The molecule has 2 heterocycles. The van der Waals surface area contributed by atoms with E-state index in [1.54, 1.807) is 0 Å². The standard InChI is InChI=1S/C19H33N3O2/c1-18(2,3)23-14-13-21-9-11-22(12-10-21)17-8-7-16(15-20-17)24-19(4,5)6/h7-8,15H,9-14H2,1-6H3. The first-order valence-corrected chi connectivity index (χ1v) is 8.89. The monoisotopic (exact) mass is 335 g/mol. The van der Waals surface area contributed by atoms with Crippen LogP contribution in [0, 0.1) is 0 Å². The predicted octanol–water partition coefficient (Wildman–Crippen LogP) is 3.20. The van der Waals surface area contributed by atoms with Gasteiger partial charge in [0.2, 0.25) is 0 Å². The van der Waals surface area contributed by atoms with E-state index in [1.165, 1.54) is 0 Å². The molecule has 1 aliphatic rings. The molecule has 0 spiro atoms. The lowest BCUT2D eigenvalue weighted by Gasteiger charge is -2.35. The van der Waals surface area contributed by atoms with Crippen LogP contribution in [0.2, 0.25) is 0 Å². The number of nitrogens with zero attached hydrogens (tertiary/aromatic N) is 3. The molecule has 0 atom stereocenters. The highest BCUT2D eigenvalue weighted by Crippen LogP contribution is 2.21. The zero-order valence-electron chi connectivity index (χ0n) is 16.1. The number of piperazine rings is 1. The zero-order chi connectivity index (χ0) is 17.8. The van der Waals surface area contributed by atoms with Gasteiger partial charge >= 0.3 is 0 Å². The molecule has 0 radical (unpaired) electrons. The van der Waals surface area contributed by atoms with Crippen LogP contribution in [0.1, 0.15) is 41.5 Å². The van der Waals surface area contributed by atoms with Crippen molar-refractivity contribution in [1.29, 1.82) is 0 Å². The van der Waals surface area contributed by atoms with Crippen LogP contribution < -0.4 is 9.64 Å². The molecular formula is C19H33N3O2. The maximum absolute atomic E-state index is 5.83. The molecule has 0 bridgehead atoms. The van der Waals surface area contributed by atoms with Crippen LogP contribution in [-0.4, -0.2) is 60.4 Å². The van der Waals surface area contributed by atoms with Crippen molar-refractivity contribution in [1.82, 2.24) is 9.88 Å². The average molecular weight is 335 g/mol. The molecule has 1 saturated heterocycles. The van der Waals surface area contributed by atoms with Gasteiger partial charge in [0.05, 0.1) is 18.4 Å². The summed E-state index contributed by atoms with van der Waals surface area (Å²) in [5.41, 5.74) is -0.243. The average Bonchev–Trinajstić information content (AvgIpc) is 2.46. The van der Waals surface area contributed by atoms with Crippen molar-refractivity contribution in [2.24, 2.45) is 0 Å². The molecule has 0 aromatic carbocycles. The predicted molar refractivity (Wildman–Crippen MR) is 99.0 cm³/mol. The van der Waals surface area contributed by atoms with Gasteiger partial charge in [-0.25, -0.2) is 4.98 Å². The number of hydrogen-bond acceptors (Lipinski definition) is 5. The quantitative estimate of drug-likeness (QED) is 0.826. The zero-order valence-corrected chi connectivity index (χ0v) is 16.1. The maximum atomic E-state index is 5.83. The summed E-state index contributed by atoms with van der Waals surface area (Å²) in [7, 11) is 0. The van der Waals surface area contributed by atoms with E-state index >= 15 is 0 Å². The van der Waals surface area contributed by atoms with E-state index in [0.717, 1.165) is 50.9 Å². The minimum Gasteiger partial charge on any atom is -0.487 e.